The van der Waals surface area contributed by atoms with Gasteiger partial charge in [-0.05, 0) is 17.2 Å². The SMILES string of the molecule is C.Nc1nc(Cl)nc2c1ncn2[C@@H]1O[C@H](COC(Cc2ccccc2)(C(=O)O)C(=O)O)[C@@H](O)[C@H]1O.O=C=O. The number of carboxylic acid groups (broad SMARTS) is 2. The van der Waals surface area contributed by atoms with Gasteiger partial charge in [-0.2, -0.15) is 19.6 Å². The Labute approximate surface area is 219 Å². The van der Waals surface area contributed by atoms with E-state index >= 15 is 0 Å². The Morgan fingerprint density at radius 3 is 2.32 bits per heavy atom. The molecule has 4 rings (SSSR count). The summed E-state index contributed by atoms with van der Waals surface area (Å²) >= 11 is 5.85. The molecule has 4 atom stereocenters. The molecule has 1 saturated heterocycles. The number of aliphatic hydroxyl groups is 2. The van der Waals surface area contributed by atoms with Gasteiger partial charge in [-0.25, -0.2) is 14.6 Å². The molecule has 15 nitrogen and oxygen atoms in total. The minimum absolute atomic E-state index is 0. The van der Waals surface area contributed by atoms with E-state index in [0.29, 0.717) is 5.56 Å². The summed E-state index contributed by atoms with van der Waals surface area (Å²) in [5, 5.41) is 40.3. The summed E-state index contributed by atoms with van der Waals surface area (Å²) < 4.78 is 12.3. The number of carbonyl (C=O) groups is 2. The first kappa shape index (κ1) is 30.2. The van der Waals surface area contributed by atoms with Gasteiger partial charge < -0.3 is 35.6 Å². The predicted molar refractivity (Wildman–Crippen MR) is 127 cm³/mol. The number of nitrogens with two attached hydrogens (primary N) is 1. The van der Waals surface area contributed by atoms with Crippen LogP contribution >= 0.6 is 11.6 Å². The molecule has 16 heteroatoms. The van der Waals surface area contributed by atoms with Crippen LogP contribution in [0.3, 0.4) is 0 Å². The highest BCUT2D eigenvalue weighted by Gasteiger charge is 2.51. The number of hydrogen-bond donors (Lipinski definition) is 5. The number of benzene rings is 1. The second-order valence-corrected chi connectivity index (χ2v) is 8.08. The lowest BCUT2D eigenvalue weighted by Crippen LogP contribution is -2.52. The molecule has 0 unspecified atom stereocenters. The van der Waals surface area contributed by atoms with Crippen LogP contribution in [0.5, 0.6) is 0 Å². The van der Waals surface area contributed by atoms with Gasteiger partial charge >= 0.3 is 18.1 Å². The zero-order valence-corrected chi connectivity index (χ0v) is 19.4. The van der Waals surface area contributed by atoms with Gasteiger partial charge in [-0.1, -0.05) is 37.8 Å². The normalized spacial score (nSPS) is 20.6. The van der Waals surface area contributed by atoms with Crippen LogP contribution in [0, 0.1) is 0 Å². The molecule has 3 aromatic rings. The number of aromatic nitrogens is 4. The number of nitrogens with zero attached hydrogens (tertiary/aromatic N) is 4. The van der Waals surface area contributed by atoms with E-state index in [-0.39, 0.29) is 35.8 Å². The molecule has 2 aromatic heterocycles. The van der Waals surface area contributed by atoms with Crippen molar-refractivity contribution in [3.05, 3.63) is 47.5 Å². The summed E-state index contributed by atoms with van der Waals surface area (Å²) in [7, 11) is 0. The predicted octanol–water partition coefficient (Wildman–Crippen LogP) is -0.0990. The molecule has 0 radical (unpaired) electrons. The number of imidazole rings is 1. The second kappa shape index (κ2) is 12.5. The van der Waals surface area contributed by atoms with Crippen molar-refractivity contribution in [2.75, 3.05) is 12.3 Å². The number of rotatable bonds is 8. The molecule has 1 aromatic carbocycles. The maximum atomic E-state index is 12.0. The maximum Gasteiger partial charge on any atom is 0.373 e. The lowest BCUT2D eigenvalue weighted by atomic mass is 9.94. The molecule has 0 saturated carbocycles. The van der Waals surface area contributed by atoms with E-state index in [0.717, 1.165) is 0 Å². The van der Waals surface area contributed by atoms with Crippen LogP contribution in [0.4, 0.5) is 5.82 Å². The fourth-order valence-corrected chi connectivity index (χ4v) is 3.89. The lowest BCUT2D eigenvalue weighted by molar-refractivity contribution is -0.192. The van der Waals surface area contributed by atoms with E-state index < -0.39 is 55.1 Å². The van der Waals surface area contributed by atoms with E-state index in [2.05, 4.69) is 15.0 Å². The van der Waals surface area contributed by atoms with Crippen molar-refractivity contribution >= 4 is 46.7 Å². The fraction of sp³-hybridized carbons (Fsp3) is 0.364. The summed E-state index contributed by atoms with van der Waals surface area (Å²) in [4.78, 5) is 52.1. The number of hydrogen-bond acceptors (Lipinski definition) is 12. The van der Waals surface area contributed by atoms with Gasteiger partial charge in [0.15, 0.2) is 17.7 Å². The highest BCUT2D eigenvalue weighted by Crippen LogP contribution is 2.33. The third kappa shape index (κ3) is 5.94. The van der Waals surface area contributed by atoms with Crippen LogP contribution in [0.1, 0.15) is 19.2 Å². The van der Waals surface area contributed by atoms with Crippen molar-refractivity contribution in [2.24, 2.45) is 0 Å². The van der Waals surface area contributed by atoms with Crippen molar-refractivity contribution in [1.82, 2.24) is 19.5 Å². The number of ether oxygens (including phenoxy) is 2. The Bertz CT molecular complexity index is 1300. The first-order chi connectivity index (χ1) is 17.5. The Hall–Kier alpha value is -3.98. The van der Waals surface area contributed by atoms with Crippen molar-refractivity contribution < 1.29 is 49.1 Å². The average Bonchev–Trinajstić information content (AvgIpc) is 3.38. The van der Waals surface area contributed by atoms with E-state index in [9.17, 15) is 30.0 Å². The molecule has 38 heavy (non-hydrogen) atoms. The summed E-state index contributed by atoms with van der Waals surface area (Å²) in [5.74, 6) is -3.46. The number of nitrogen functional groups attached to an aromatic ring is 1. The van der Waals surface area contributed by atoms with E-state index in [1.807, 2.05) is 0 Å². The Morgan fingerprint density at radius 1 is 1.13 bits per heavy atom. The van der Waals surface area contributed by atoms with E-state index in [4.69, 9.17) is 36.4 Å². The number of carbonyl (C=O) groups excluding carboxylic acids is 2. The molecule has 0 aliphatic carbocycles. The summed E-state index contributed by atoms with van der Waals surface area (Å²) in [6.07, 6.45) is -4.54. The molecular weight excluding hydrogens is 530 g/mol. The number of fused-ring (bicyclic) bond motifs is 1. The standard InChI is InChI=1S/C20H20ClN5O8.CO2.CH4/c21-19-24-14(22)11-15(25-19)26(8-23-11)16-13(28)12(27)10(34-16)7-33-20(17(29)30,18(31)32)6-9-4-2-1-3-5-9;2-1-3;/h1-5,8,10,12-13,16,27-28H,6-7H2,(H,29,30)(H,31,32)(H2,22,24,25);;1H4/t10-,12-,13-,16-;;/m1../s1. The molecule has 1 fully saturated rings. The fourth-order valence-electron chi connectivity index (χ4n) is 3.72. The van der Waals surface area contributed by atoms with Crippen LogP contribution in [-0.4, -0.2) is 88.6 Å². The average molecular weight is 554 g/mol. The van der Waals surface area contributed by atoms with Crippen LogP contribution in [-0.2, 0) is 35.1 Å². The van der Waals surface area contributed by atoms with Crippen LogP contribution in [0.15, 0.2) is 36.7 Å². The maximum absolute atomic E-state index is 12.0. The summed E-state index contributed by atoms with van der Waals surface area (Å²) in [5.41, 5.74) is 3.86. The van der Waals surface area contributed by atoms with E-state index in [1.165, 1.54) is 10.9 Å². The highest BCUT2D eigenvalue weighted by atomic mass is 35.5. The third-order valence-corrected chi connectivity index (χ3v) is 5.68. The Balaban J connectivity index is 0.00000121. The largest absolute Gasteiger partial charge is 0.479 e. The minimum atomic E-state index is -2.65. The molecule has 0 bridgehead atoms. The first-order valence-corrected chi connectivity index (χ1v) is 10.7. The third-order valence-electron chi connectivity index (χ3n) is 5.51. The lowest BCUT2D eigenvalue weighted by Gasteiger charge is -2.27. The second-order valence-electron chi connectivity index (χ2n) is 7.74. The van der Waals surface area contributed by atoms with Gasteiger partial charge in [0.2, 0.25) is 5.28 Å². The number of carboxylic acids is 2. The molecular formula is C22H24ClN5O10. The van der Waals surface area contributed by atoms with Gasteiger partial charge in [-0.15, -0.1) is 0 Å². The van der Waals surface area contributed by atoms with Crippen molar-refractivity contribution in [3.63, 3.8) is 0 Å². The zero-order chi connectivity index (χ0) is 27.3. The molecule has 0 spiro atoms. The zero-order valence-electron chi connectivity index (χ0n) is 18.7. The van der Waals surface area contributed by atoms with Crippen molar-refractivity contribution in [3.8, 4) is 0 Å². The number of anilines is 1. The highest BCUT2D eigenvalue weighted by molar-refractivity contribution is 6.28. The van der Waals surface area contributed by atoms with Crippen LogP contribution in [0.25, 0.3) is 11.2 Å². The van der Waals surface area contributed by atoms with E-state index in [1.54, 1.807) is 30.3 Å². The molecule has 6 N–H and O–H groups in total. The first-order valence-electron chi connectivity index (χ1n) is 10.4. The molecule has 0 amide bonds. The van der Waals surface area contributed by atoms with Gasteiger partial charge in [0.1, 0.15) is 23.8 Å². The summed E-state index contributed by atoms with van der Waals surface area (Å²) in [6, 6.07) is 8.09. The quantitative estimate of drug-likeness (QED) is 0.181. The van der Waals surface area contributed by atoms with Crippen molar-refractivity contribution in [2.45, 2.75) is 44.0 Å². The summed E-state index contributed by atoms with van der Waals surface area (Å²) in [6.45, 7) is -0.648. The van der Waals surface area contributed by atoms with Gasteiger partial charge in [-0.3, -0.25) is 4.57 Å². The number of halogens is 1. The van der Waals surface area contributed by atoms with Crippen LogP contribution < -0.4 is 5.73 Å². The monoisotopic (exact) mass is 553 g/mol. The molecule has 1 aliphatic heterocycles. The van der Waals surface area contributed by atoms with Gasteiger partial charge in [0, 0.05) is 6.42 Å². The topological polar surface area (TPSA) is 237 Å². The number of aliphatic carboxylic acids is 2. The molecule has 204 valence electrons. The van der Waals surface area contributed by atoms with Gasteiger partial charge in [0.25, 0.3) is 5.60 Å². The molecule has 3 heterocycles. The van der Waals surface area contributed by atoms with Crippen LogP contribution in [0.2, 0.25) is 5.28 Å². The molecule has 1 aliphatic rings. The smallest absolute Gasteiger partial charge is 0.373 e. The van der Waals surface area contributed by atoms with Crippen molar-refractivity contribution in [1.29, 1.82) is 0 Å². The minimum Gasteiger partial charge on any atom is -0.479 e. The Morgan fingerprint density at radius 2 is 1.74 bits per heavy atom. The Kier molecular flexibility index (Phi) is 9.96. The number of aliphatic hydroxyl groups excluding tert-OH is 2. The van der Waals surface area contributed by atoms with Gasteiger partial charge in [0.05, 0.1) is 12.9 Å².